The van der Waals surface area contributed by atoms with Gasteiger partial charge in [-0.15, -0.1) is 0 Å². The lowest BCUT2D eigenvalue weighted by Crippen LogP contribution is -1.89. The summed E-state index contributed by atoms with van der Waals surface area (Å²) in [5, 5.41) is 27.9. The molecule has 0 aliphatic rings. The van der Waals surface area contributed by atoms with E-state index in [2.05, 4.69) is 36.4 Å². The monoisotopic (exact) mass is 412 g/mol. The molecule has 0 saturated heterocycles. The van der Waals surface area contributed by atoms with Gasteiger partial charge in [-0.3, -0.25) is 0 Å². The smallest absolute Gasteiger partial charge is 0.123 e. The molecule has 0 aliphatic carbocycles. The first-order chi connectivity index (χ1) is 15.7. The van der Waals surface area contributed by atoms with E-state index in [1.165, 1.54) is 0 Å². The maximum absolute atomic E-state index is 10.6. The fraction of sp³-hybridized carbons (Fsp3) is 0. The molecule has 6 rings (SSSR count). The molecule has 0 spiro atoms. The SMILES string of the molecule is Oc1ccccc1-c1cc2c3ccccc3c(-c3ccccc3O)cc2c2ccccc12. The Morgan fingerprint density at radius 1 is 0.312 bits per heavy atom. The van der Waals surface area contributed by atoms with Gasteiger partial charge in [0.25, 0.3) is 0 Å². The number of fused-ring (bicyclic) bond motifs is 5. The van der Waals surface area contributed by atoms with E-state index in [4.69, 9.17) is 0 Å². The molecular formula is C30H20O2. The highest BCUT2D eigenvalue weighted by Gasteiger charge is 2.16. The third kappa shape index (κ3) is 2.74. The number of phenols is 2. The molecule has 2 N–H and O–H groups in total. The second-order valence-corrected chi connectivity index (χ2v) is 8.07. The van der Waals surface area contributed by atoms with E-state index in [1.54, 1.807) is 12.1 Å². The Morgan fingerprint density at radius 2 is 0.656 bits per heavy atom. The molecule has 0 heterocycles. The van der Waals surface area contributed by atoms with Gasteiger partial charge in [-0.25, -0.2) is 0 Å². The van der Waals surface area contributed by atoms with E-state index >= 15 is 0 Å². The van der Waals surface area contributed by atoms with Crippen molar-refractivity contribution in [3.05, 3.63) is 109 Å². The average Bonchev–Trinajstić information content (AvgIpc) is 2.84. The number of benzene rings is 6. The van der Waals surface area contributed by atoms with Gasteiger partial charge in [0.05, 0.1) is 0 Å². The second kappa shape index (κ2) is 7.14. The number of hydrogen-bond acceptors (Lipinski definition) is 2. The molecule has 32 heavy (non-hydrogen) atoms. The highest BCUT2D eigenvalue weighted by Crippen LogP contribution is 2.44. The van der Waals surface area contributed by atoms with Gasteiger partial charge in [-0.05, 0) is 67.7 Å². The standard InChI is InChI=1S/C30H20O2/c31-29-15-7-5-13-23(29)25-17-28-22-12-4-2-10-20(22)26(24-14-6-8-16-30(24)32)18-27(28)21-11-3-1-9-19(21)25/h1-18,31-32H. The first kappa shape index (κ1) is 18.5. The Balaban J connectivity index is 1.82. The summed E-state index contributed by atoms with van der Waals surface area (Å²) < 4.78 is 0. The highest BCUT2D eigenvalue weighted by molar-refractivity contribution is 6.24. The second-order valence-electron chi connectivity index (χ2n) is 8.07. The molecule has 0 aromatic heterocycles. The summed E-state index contributed by atoms with van der Waals surface area (Å²) in [5.74, 6) is 0.541. The van der Waals surface area contributed by atoms with Crippen molar-refractivity contribution in [3.63, 3.8) is 0 Å². The lowest BCUT2D eigenvalue weighted by molar-refractivity contribution is 0.477. The van der Waals surface area contributed by atoms with E-state index in [0.29, 0.717) is 0 Å². The van der Waals surface area contributed by atoms with Crippen LogP contribution in [0.15, 0.2) is 109 Å². The average molecular weight is 412 g/mol. The lowest BCUT2D eigenvalue weighted by atomic mass is 9.87. The predicted molar refractivity (Wildman–Crippen MR) is 133 cm³/mol. The molecule has 6 aromatic carbocycles. The summed E-state index contributed by atoms with van der Waals surface area (Å²) in [6.45, 7) is 0. The molecule has 0 fully saturated rings. The Kier molecular flexibility index (Phi) is 4.12. The van der Waals surface area contributed by atoms with Crippen molar-refractivity contribution in [1.82, 2.24) is 0 Å². The van der Waals surface area contributed by atoms with Crippen molar-refractivity contribution in [2.24, 2.45) is 0 Å². The molecule has 2 nitrogen and oxygen atoms in total. The molecule has 0 saturated carbocycles. The summed E-state index contributed by atoms with van der Waals surface area (Å²) in [5.41, 5.74) is 3.65. The van der Waals surface area contributed by atoms with Gasteiger partial charge in [0.1, 0.15) is 11.5 Å². The van der Waals surface area contributed by atoms with E-state index in [9.17, 15) is 10.2 Å². The van der Waals surface area contributed by atoms with Crippen LogP contribution in [0, 0.1) is 0 Å². The quantitative estimate of drug-likeness (QED) is 0.284. The normalized spacial score (nSPS) is 11.4. The topological polar surface area (TPSA) is 40.5 Å². The predicted octanol–water partition coefficient (Wildman–Crippen LogP) is 7.89. The minimum absolute atomic E-state index is 0.270. The molecular weight excluding hydrogens is 392 g/mol. The molecule has 0 atom stereocenters. The zero-order valence-electron chi connectivity index (χ0n) is 17.3. The van der Waals surface area contributed by atoms with Gasteiger partial charge in [-0.2, -0.15) is 0 Å². The summed E-state index contributed by atoms with van der Waals surface area (Å²) >= 11 is 0. The molecule has 152 valence electrons. The van der Waals surface area contributed by atoms with Gasteiger partial charge in [0, 0.05) is 11.1 Å². The molecule has 0 amide bonds. The number of para-hydroxylation sites is 2. The minimum atomic E-state index is 0.270. The maximum atomic E-state index is 10.6. The summed E-state index contributed by atoms with van der Waals surface area (Å²) in [4.78, 5) is 0. The van der Waals surface area contributed by atoms with Crippen LogP contribution in [0.5, 0.6) is 11.5 Å². The minimum Gasteiger partial charge on any atom is -0.507 e. The molecule has 2 heteroatoms. The van der Waals surface area contributed by atoms with Crippen molar-refractivity contribution in [2.45, 2.75) is 0 Å². The maximum Gasteiger partial charge on any atom is 0.123 e. The fourth-order valence-electron chi connectivity index (χ4n) is 4.80. The molecule has 6 aromatic rings. The van der Waals surface area contributed by atoms with E-state index in [1.807, 2.05) is 60.7 Å². The van der Waals surface area contributed by atoms with Crippen LogP contribution >= 0.6 is 0 Å². The van der Waals surface area contributed by atoms with Crippen LogP contribution in [0.25, 0.3) is 54.6 Å². The van der Waals surface area contributed by atoms with Gasteiger partial charge in [0.2, 0.25) is 0 Å². The Labute approximate surface area is 185 Å². The van der Waals surface area contributed by atoms with Crippen LogP contribution in [0.2, 0.25) is 0 Å². The number of aromatic hydroxyl groups is 2. The van der Waals surface area contributed by atoms with Crippen molar-refractivity contribution in [3.8, 4) is 33.8 Å². The van der Waals surface area contributed by atoms with Gasteiger partial charge < -0.3 is 10.2 Å². The van der Waals surface area contributed by atoms with E-state index in [0.717, 1.165) is 54.6 Å². The number of hydrogen-bond donors (Lipinski definition) is 2. The lowest BCUT2D eigenvalue weighted by Gasteiger charge is -2.16. The number of phenolic OH excluding ortho intramolecular Hbond substituents is 2. The zero-order valence-corrected chi connectivity index (χ0v) is 17.3. The van der Waals surface area contributed by atoms with Crippen LogP contribution in [-0.2, 0) is 0 Å². The first-order valence-corrected chi connectivity index (χ1v) is 10.7. The largest absolute Gasteiger partial charge is 0.507 e. The van der Waals surface area contributed by atoms with Crippen molar-refractivity contribution in [1.29, 1.82) is 0 Å². The summed E-state index contributed by atoms with van der Waals surface area (Å²) in [6.07, 6.45) is 0. The molecule has 0 bridgehead atoms. The van der Waals surface area contributed by atoms with Gasteiger partial charge >= 0.3 is 0 Å². The summed E-state index contributed by atoms with van der Waals surface area (Å²) in [7, 11) is 0. The molecule has 0 unspecified atom stereocenters. The summed E-state index contributed by atoms with van der Waals surface area (Å²) in [6, 6.07) is 36.0. The first-order valence-electron chi connectivity index (χ1n) is 10.7. The van der Waals surface area contributed by atoms with Crippen LogP contribution in [0.3, 0.4) is 0 Å². The van der Waals surface area contributed by atoms with Crippen LogP contribution < -0.4 is 0 Å². The van der Waals surface area contributed by atoms with Gasteiger partial charge in [-0.1, -0.05) is 84.9 Å². The van der Waals surface area contributed by atoms with E-state index < -0.39 is 0 Å². The van der Waals surface area contributed by atoms with Crippen LogP contribution in [0.1, 0.15) is 0 Å². The Bertz CT molecular complexity index is 1520. The highest BCUT2D eigenvalue weighted by atomic mass is 16.3. The number of rotatable bonds is 2. The molecule has 0 aliphatic heterocycles. The van der Waals surface area contributed by atoms with E-state index in [-0.39, 0.29) is 11.5 Å². The van der Waals surface area contributed by atoms with Crippen LogP contribution in [-0.4, -0.2) is 10.2 Å². The Morgan fingerprint density at radius 3 is 1.06 bits per heavy atom. The molecule has 0 radical (unpaired) electrons. The van der Waals surface area contributed by atoms with Crippen molar-refractivity contribution < 1.29 is 10.2 Å². The fourth-order valence-corrected chi connectivity index (χ4v) is 4.80. The third-order valence-corrected chi connectivity index (χ3v) is 6.27. The zero-order chi connectivity index (χ0) is 21.7. The van der Waals surface area contributed by atoms with Crippen molar-refractivity contribution in [2.75, 3.05) is 0 Å². The van der Waals surface area contributed by atoms with Gasteiger partial charge in [0.15, 0.2) is 0 Å². The Hall–Kier alpha value is -4.30. The van der Waals surface area contributed by atoms with Crippen LogP contribution in [0.4, 0.5) is 0 Å². The third-order valence-electron chi connectivity index (χ3n) is 6.27. The van der Waals surface area contributed by atoms with Crippen molar-refractivity contribution >= 4 is 32.3 Å².